The second-order valence-corrected chi connectivity index (χ2v) is 14.5. The van der Waals surface area contributed by atoms with E-state index < -0.39 is 37.0 Å². The molecule has 0 aliphatic carbocycles. The largest absolute Gasteiger partial charge is 0.481 e. The number of aliphatic carboxylic acids is 2. The van der Waals surface area contributed by atoms with Crippen LogP contribution in [0.4, 0.5) is 0 Å². The van der Waals surface area contributed by atoms with Crippen LogP contribution in [0.25, 0.3) is 0 Å². The number of rotatable bonds is 50. The fraction of sp³-hybridized carbons (Fsp3) is 0.822. The number of hydrogen-bond donors (Lipinski definition) is 4. The van der Waals surface area contributed by atoms with Gasteiger partial charge in [0.25, 0.3) is 0 Å². The molecule has 1 aromatic rings. The maximum absolute atomic E-state index is 10.8. The molecule has 0 aliphatic rings. The average Bonchev–Trinajstić information content (AvgIpc) is 3.24. The van der Waals surface area contributed by atoms with Crippen molar-refractivity contribution < 1.29 is 77.0 Å². The minimum absolute atomic E-state index is 0.175. The zero-order chi connectivity index (χ0) is 44.8. The summed E-state index contributed by atoms with van der Waals surface area (Å²) in [5.41, 5.74) is 2.74. The Balaban J connectivity index is 1.71. The molecular formula is C45H81NO16. The van der Waals surface area contributed by atoms with Gasteiger partial charge in [-0.1, -0.05) is 69.7 Å². The smallest absolute Gasteiger partial charge is 0.304 e. The normalized spacial score (nSPS) is 12.1. The van der Waals surface area contributed by atoms with E-state index >= 15 is 0 Å². The van der Waals surface area contributed by atoms with Gasteiger partial charge in [-0.2, -0.15) is 0 Å². The standard InChI is InChI=1S/C45H81NO16/c1-2-3-4-5-6-7-8-9-40-10-12-41(13-11-40)14-16-52-18-20-54-22-24-56-26-28-58-30-32-60-34-36-62-37-35-61-33-31-59-29-27-57-25-23-55-21-19-53-17-15-43(47)46-42(38-44(48)49)39-45(50)51/h10-13,42-43,46-47H,2-9,14-39H2,1H3,(H,48,49)(H,50,51). The molecule has 4 N–H and O–H groups in total. The van der Waals surface area contributed by atoms with Gasteiger partial charge in [0.05, 0.1) is 158 Å². The van der Waals surface area contributed by atoms with Gasteiger partial charge < -0.3 is 67.4 Å². The molecule has 17 nitrogen and oxygen atoms in total. The van der Waals surface area contributed by atoms with Gasteiger partial charge in [0.15, 0.2) is 0 Å². The van der Waals surface area contributed by atoms with Crippen molar-refractivity contribution in [2.24, 2.45) is 0 Å². The lowest BCUT2D eigenvalue weighted by atomic mass is 10.0. The van der Waals surface area contributed by atoms with Crippen molar-refractivity contribution >= 4 is 11.9 Å². The van der Waals surface area contributed by atoms with E-state index in [4.69, 9.17) is 62.3 Å². The van der Waals surface area contributed by atoms with Gasteiger partial charge in [-0.3, -0.25) is 14.9 Å². The molecule has 362 valence electrons. The van der Waals surface area contributed by atoms with Gasteiger partial charge in [-0.05, 0) is 30.4 Å². The molecule has 0 spiro atoms. The Bertz CT molecular complexity index is 1100. The SMILES string of the molecule is CCCCCCCCCc1ccc(CCOCCOCCOCCOCCOCCOCCOCCOCCOCCOCCOCCC(O)NC(CC(=O)O)CC(=O)O)cc1. The molecule has 1 aromatic carbocycles. The molecule has 0 bridgehead atoms. The lowest BCUT2D eigenvalue weighted by Crippen LogP contribution is -2.41. The number of carboxylic acid groups (broad SMARTS) is 2. The summed E-state index contributed by atoms with van der Waals surface area (Å²) in [6.45, 7) is 12.5. The number of nitrogens with one attached hydrogen (secondary N) is 1. The van der Waals surface area contributed by atoms with Crippen LogP contribution in [-0.4, -0.2) is 185 Å². The van der Waals surface area contributed by atoms with Crippen LogP contribution in [0.15, 0.2) is 24.3 Å². The van der Waals surface area contributed by atoms with Crippen molar-refractivity contribution in [1.82, 2.24) is 5.32 Å². The van der Waals surface area contributed by atoms with E-state index in [0.29, 0.717) is 139 Å². The molecule has 1 atom stereocenters. The quantitative estimate of drug-likeness (QED) is 0.0531. The lowest BCUT2D eigenvalue weighted by Gasteiger charge is -2.19. The average molecular weight is 892 g/mol. The van der Waals surface area contributed by atoms with Crippen molar-refractivity contribution in [3.05, 3.63) is 35.4 Å². The molecular weight excluding hydrogens is 810 g/mol. The highest BCUT2D eigenvalue weighted by Gasteiger charge is 2.19. The summed E-state index contributed by atoms with van der Waals surface area (Å²) in [5, 5.41) is 30.2. The van der Waals surface area contributed by atoms with Crippen molar-refractivity contribution in [3.8, 4) is 0 Å². The monoisotopic (exact) mass is 892 g/mol. The Labute approximate surface area is 370 Å². The van der Waals surface area contributed by atoms with Gasteiger partial charge in [0.1, 0.15) is 6.23 Å². The van der Waals surface area contributed by atoms with Crippen LogP contribution in [0.5, 0.6) is 0 Å². The predicted octanol–water partition coefficient (Wildman–Crippen LogP) is 4.32. The van der Waals surface area contributed by atoms with Gasteiger partial charge in [0.2, 0.25) is 0 Å². The summed E-state index contributed by atoms with van der Waals surface area (Å²) < 4.78 is 60.6. The van der Waals surface area contributed by atoms with Crippen LogP contribution in [0.1, 0.15) is 82.3 Å². The first-order valence-corrected chi connectivity index (χ1v) is 22.7. The van der Waals surface area contributed by atoms with Crippen molar-refractivity contribution in [3.63, 3.8) is 0 Å². The number of carbonyl (C=O) groups is 2. The molecule has 0 aromatic heterocycles. The third kappa shape index (κ3) is 41.6. The van der Waals surface area contributed by atoms with E-state index in [-0.39, 0.29) is 13.0 Å². The zero-order valence-corrected chi connectivity index (χ0v) is 37.7. The molecule has 0 saturated heterocycles. The van der Waals surface area contributed by atoms with Gasteiger partial charge in [-0.15, -0.1) is 0 Å². The second kappa shape index (κ2) is 45.2. The van der Waals surface area contributed by atoms with E-state index in [1.54, 1.807) is 0 Å². The van der Waals surface area contributed by atoms with E-state index in [2.05, 4.69) is 36.5 Å². The molecule has 0 saturated carbocycles. The Morgan fingerprint density at radius 3 is 1.06 bits per heavy atom. The van der Waals surface area contributed by atoms with E-state index in [1.165, 1.54) is 62.5 Å². The summed E-state index contributed by atoms with van der Waals surface area (Å²) >= 11 is 0. The fourth-order valence-electron chi connectivity index (χ4n) is 5.81. The van der Waals surface area contributed by atoms with Gasteiger partial charge in [-0.25, -0.2) is 0 Å². The molecule has 0 amide bonds. The minimum atomic E-state index is -1.15. The molecule has 0 fully saturated rings. The van der Waals surface area contributed by atoms with Crippen LogP contribution in [0, 0.1) is 0 Å². The number of aryl methyl sites for hydroxylation is 1. The Kier molecular flexibility index (Phi) is 42.0. The number of ether oxygens (including phenoxy) is 11. The summed E-state index contributed by atoms with van der Waals surface area (Å²) in [7, 11) is 0. The van der Waals surface area contributed by atoms with E-state index in [1.807, 2.05) is 0 Å². The number of benzene rings is 1. The molecule has 0 aliphatic heterocycles. The van der Waals surface area contributed by atoms with Crippen molar-refractivity contribution in [1.29, 1.82) is 0 Å². The highest BCUT2D eigenvalue weighted by atomic mass is 16.6. The third-order valence-electron chi connectivity index (χ3n) is 9.15. The molecule has 1 rings (SSSR count). The summed E-state index contributed by atoms with van der Waals surface area (Å²) in [6, 6.07) is 8.12. The summed E-state index contributed by atoms with van der Waals surface area (Å²) in [6.07, 6.45) is 9.80. The first-order valence-electron chi connectivity index (χ1n) is 22.7. The lowest BCUT2D eigenvalue weighted by molar-refractivity contribution is -0.140. The Hall–Kier alpha value is -2.36. The Morgan fingerprint density at radius 2 is 0.726 bits per heavy atom. The maximum atomic E-state index is 10.8. The highest BCUT2D eigenvalue weighted by molar-refractivity contribution is 5.71. The highest BCUT2D eigenvalue weighted by Crippen LogP contribution is 2.12. The van der Waals surface area contributed by atoms with Crippen LogP contribution >= 0.6 is 0 Å². The van der Waals surface area contributed by atoms with Crippen LogP contribution in [0.3, 0.4) is 0 Å². The summed E-state index contributed by atoms with van der Waals surface area (Å²) in [4.78, 5) is 21.7. The van der Waals surface area contributed by atoms with Crippen molar-refractivity contribution in [2.45, 2.75) is 96.2 Å². The number of hydrogen-bond acceptors (Lipinski definition) is 15. The van der Waals surface area contributed by atoms with Crippen LogP contribution in [-0.2, 0) is 74.5 Å². The summed E-state index contributed by atoms with van der Waals surface area (Å²) in [5.74, 6) is -2.29. The van der Waals surface area contributed by atoms with Gasteiger partial charge >= 0.3 is 11.9 Å². The van der Waals surface area contributed by atoms with E-state index in [0.717, 1.165) is 6.42 Å². The zero-order valence-electron chi connectivity index (χ0n) is 37.7. The van der Waals surface area contributed by atoms with Crippen LogP contribution < -0.4 is 5.32 Å². The first-order chi connectivity index (χ1) is 30.4. The molecule has 0 radical (unpaired) electrons. The number of aliphatic hydroxyl groups is 1. The number of carboxylic acids is 2. The minimum Gasteiger partial charge on any atom is -0.481 e. The Morgan fingerprint density at radius 1 is 0.435 bits per heavy atom. The number of unbranched alkanes of at least 4 members (excludes halogenated alkanes) is 6. The van der Waals surface area contributed by atoms with Crippen molar-refractivity contribution in [2.75, 3.05) is 145 Å². The number of aliphatic hydroxyl groups excluding tert-OH is 1. The predicted molar refractivity (Wildman–Crippen MR) is 233 cm³/mol. The molecule has 62 heavy (non-hydrogen) atoms. The maximum Gasteiger partial charge on any atom is 0.304 e. The first kappa shape index (κ1) is 57.7. The van der Waals surface area contributed by atoms with Crippen LogP contribution in [0.2, 0.25) is 0 Å². The fourth-order valence-corrected chi connectivity index (χ4v) is 5.81. The van der Waals surface area contributed by atoms with Gasteiger partial charge in [0, 0.05) is 12.5 Å². The third-order valence-corrected chi connectivity index (χ3v) is 9.15. The molecule has 17 heteroatoms. The topological polar surface area (TPSA) is 208 Å². The second-order valence-electron chi connectivity index (χ2n) is 14.5. The molecule has 0 heterocycles. The van der Waals surface area contributed by atoms with E-state index in [9.17, 15) is 14.7 Å². The molecule has 1 unspecified atom stereocenters.